The smallest absolute Gasteiger partial charge is 0.193 e. The Kier molecular flexibility index (Phi) is 6.41. The van der Waals surface area contributed by atoms with E-state index in [0.29, 0.717) is 0 Å². The number of hydrogen-bond acceptors (Lipinski definition) is 2. The van der Waals surface area contributed by atoms with E-state index in [1.807, 2.05) is 0 Å². The monoisotopic (exact) mass is 418 g/mol. The third kappa shape index (κ3) is 5.14. The minimum atomic E-state index is -1.87. The van der Waals surface area contributed by atoms with Crippen LogP contribution in [0.5, 0.6) is 0 Å². The first-order valence-electron chi connectivity index (χ1n) is 8.48. The highest BCUT2D eigenvalue weighted by Crippen LogP contribution is 2.42. The van der Waals surface area contributed by atoms with Crippen molar-refractivity contribution in [1.29, 1.82) is 0 Å². The molecule has 0 radical (unpaired) electrons. The molecule has 0 amide bonds. The van der Waals surface area contributed by atoms with E-state index < -0.39 is 16.6 Å². The van der Waals surface area contributed by atoms with Crippen molar-refractivity contribution < 1.29 is 8.85 Å². The molecule has 0 aromatic carbocycles. The van der Waals surface area contributed by atoms with Crippen molar-refractivity contribution in [3.63, 3.8) is 0 Å². The van der Waals surface area contributed by atoms with Gasteiger partial charge in [0.2, 0.25) is 0 Å². The summed E-state index contributed by atoms with van der Waals surface area (Å²) < 4.78 is 14.5. The molecule has 0 spiro atoms. The van der Waals surface area contributed by atoms with Crippen molar-refractivity contribution in [2.75, 3.05) is 0 Å². The Hall–Kier alpha value is 0.314. The average Bonchev–Trinajstić information content (AvgIpc) is 2.30. The molecule has 0 saturated carbocycles. The molecule has 0 unspecified atom stereocenters. The van der Waals surface area contributed by atoms with Gasteiger partial charge in [0.1, 0.15) is 6.10 Å². The van der Waals surface area contributed by atoms with E-state index in [0.717, 1.165) is 4.48 Å². The van der Waals surface area contributed by atoms with Gasteiger partial charge >= 0.3 is 0 Å². The van der Waals surface area contributed by atoms with Crippen LogP contribution in [0.4, 0.5) is 0 Å². The van der Waals surface area contributed by atoms with Crippen LogP contribution in [0.15, 0.2) is 22.7 Å². The Morgan fingerprint density at radius 3 is 1.74 bits per heavy atom. The second-order valence-electron chi connectivity index (χ2n) is 9.58. The molecule has 0 heterocycles. The van der Waals surface area contributed by atoms with Gasteiger partial charge in [0, 0.05) is 4.48 Å². The molecule has 2 atom stereocenters. The Balaban J connectivity index is 3.04. The van der Waals surface area contributed by atoms with Crippen molar-refractivity contribution >= 4 is 32.6 Å². The van der Waals surface area contributed by atoms with Gasteiger partial charge in [-0.25, -0.2) is 0 Å². The normalized spacial score (nSPS) is 23.9. The summed E-state index contributed by atoms with van der Waals surface area (Å²) in [4.78, 5) is 0. The summed E-state index contributed by atoms with van der Waals surface area (Å²) in [5, 5.41) is 0.374. The fraction of sp³-hybridized carbons (Fsp3) is 0.778. The maximum atomic E-state index is 6.70. The van der Waals surface area contributed by atoms with E-state index in [2.05, 4.69) is 102 Å². The number of halogens is 1. The third-order valence-corrected chi connectivity index (χ3v) is 15.2. The minimum absolute atomic E-state index is 0.00982. The molecule has 0 fully saturated rings. The zero-order valence-electron chi connectivity index (χ0n) is 16.6. The number of allylic oxidation sites excluding steroid dienone is 2. The molecule has 5 heteroatoms. The maximum Gasteiger partial charge on any atom is 0.193 e. The van der Waals surface area contributed by atoms with Gasteiger partial charge in [0.15, 0.2) is 16.6 Å². The predicted octanol–water partition coefficient (Wildman–Crippen LogP) is 6.62. The highest BCUT2D eigenvalue weighted by Gasteiger charge is 2.45. The standard InChI is InChI=1S/C18H35BrO2Si2/c1-17(2,3)22(7,8)20-15-13-11-12-14(19)16(15)21-23(9,10)18(4,5)6/h11-13,15-16H,1-10H3/t15-,16+/m0/s1. The summed E-state index contributed by atoms with van der Waals surface area (Å²) >= 11 is 3.72. The van der Waals surface area contributed by atoms with E-state index in [-0.39, 0.29) is 22.3 Å². The van der Waals surface area contributed by atoms with E-state index in [1.165, 1.54) is 0 Å². The summed E-state index contributed by atoms with van der Waals surface area (Å²) in [6.45, 7) is 22.9. The summed E-state index contributed by atoms with van der Waals surface area (Å²) in [5.41, 5.74) is 0. The minimum Gasteiger partial charge on any atom is -0.408 e. The topological polar surface area (TPSA) is 18.5 Å². The lowest BCUT2D eigenvalue weighted by atomic mass is 10.1. The van der Waals surface area contributed by atoms with E-state index in [9.17, 15) is 0 Å². The van der Waals surface area contributed by atoms with Gasteiger partial charge in [-0.15, -0.1) is 0 Å². The third-order valence-electron chi connectivity index (χ3n) is 5.59. The zero-order chi connectivity index (χ0) is 18.3. The highest BCUT2D eigenvalue weighted by molar-refractivity contribution is 9.11. The van der Waals surface area contributed by atoms with Crippen LogP contribution in [0.1, 0.15) is 41.5 Å². The van der Waals surface area contributed by atoms with E-state index >= 15 is 0 Å². The fourth-order valence-electron chi connectivity index (χ4n) is 1.85. The molecule has 0 bridgehead atoms. The van der Waals surface area contributed by atoms with Crippen molar-refractivity contribution in [3.05, 3.63) is 22.7 Å². The lowest BCUT2D eigenvalue weighted by molar-refractivity contribution is 0.0906. The summed E-state index contributed by atoms with van der Waals surface area (Å²) in [5.74, 6) is 0. The largest absolute Gasteiger partial charge is 0.408 e. The molecule has 0 saturated heterocycles. The first kappa shape index (κ1) is 21.4. The summed E-state index contributed by atoms with van der Waals surface area (Å²) in [6, 6.07) is 0. The molecular weight excluding hydrogens is 384 g/mol. The second-order valence-corrected chi connectivity index (χ2v) is 20.0. The Morgan fingerprint density at radius 2 is 1.30 bits per heavy atom. The fourth-order valence-corrected chi connectivity index (χ4v) is 5.01. The second kappa shape index (κ2) is 6.91. The first-order valence-corrected chi connectivity index (χ1v) is 15.1. The van der Waals surface area contributed by atoms with Crippen molar-refractivity contribution in [2.45, 2.75) is 90.0 Å². The van der Waals surface area contributed by atoms with E-state index in [4.69, 9.17) is 8.85 Å². The SMILES string of the molecule is CC(C)(C)[Si](C)(C)O[C@H]1C=CC=C(Br)[C@H]1O[Si](C)(C)C(C)(C)C. The molecule has 23 heavy (non-hydrogen) atoms. The van der Waals surface area contributed by atoms with Crippen LogP contribution < -0.4 is 0 Å². The lowest BCUT2D eigenvalue weighted by Crippen LogP contribution is -2.51. The molecular formula is C18H35BrO2Si2. The Bertz CT molecular complexity index is 482. The van der Waals surface area contributed by atoms with Crippen molar-refractivity contribution in [2.24, 2.45) is 0 Å². The van der Waals surface area contributed by atoms with Crippen molar-refractivity contribution in [1.82, 2.24) is 0 Å². The lowest BCUT2D eigenvalue weighted by Gasteiger charge is -2.45. The highest BCUT2D eigenvalue weighted by atomic mass is 79.9. The average molecular weight is 420 g/mol. The molecule has 0 aromatic heterocycles. The van der Waals surface area contributed by atoms with Crippen LogP contribution in [0.2, 0.25) is 36.3 Å². The van der Waals surface area contributed by atoms with Crippen molar-refractivity contribution in [3.8, 4) is 0 Å². The van der Waals surface area contributed by atoms with Crippen LogP contribution in [-0.4, -0.2) is 28.8 Å². The Morgan fingerprint density at radius 1 is 0.870 bits per heavy atom. The van der Waals surface area contributed by atoms with Crippen LogP contribution in [-0.2, 0) is 8.85 Å². The van der Waals surface area contributed by atoms with Gasteiger partial charge in [-0.05, 0) is 42.3 Å². The van der Waals surface area contributed by atoms with Gasteiger partial charge in [-0.1, -0.05) is 69.6 Å². The molecule has 1 aliphatic carbocycles. The molecule has 0 N–H and O–H groups in total. The predicted molar refractivity (Wildman–Crippen MR) is 110 cm³/mol. The molecule has 1 rings (SSSR count). The van der Waals surface area contributed by atoms with Gasteiger partial charge < -0.3 is 8.85 Å². The zero-order valence-corrected chi connectivity index (χ0v) is 20.2. The van der Waals surface area contributed by atoms with Crippen LogP contribution in [0, 0.1) is 0 Å². The molecule has 0 aromatic rings. The summed E-state index contributed by atoms with van der Waals surface area (Å²) in [6.07, 6.45) is 6.28. The first-order chi connectivity index (χ1) is 10.1. The number of hydrogen-bond donors (Lipinski definition) is 0. The van der Waals surface area contributed by atoms with Crippen LogP contribution in [0.25, 0.3) is 0 Å². The van der Waals surface area contributed by atoms with Gasteiger partial charge in [-0.3, -0.25) is 0 Å². The van der Waals surface area contributed by atoms with Gasteiger partial charge in [0.25, 0.3) is 0 Å². The quantitative estimate of drug-likeness (QED) is 0.477. The van der Waals surface area contributed by atoms with Gasteiger partial charge in [0.05, 0.1) is 6.10 Å². The Labute approximate surface area is 154 Å². The number of rotatable bonds is 4. The van der Waals surface area contributed by atoms with Gasteiger partial charge in [-0.2, -0.15) is 0 Å². The van der Waals surface area contributed by atoms with Crippen LogP contribution in [0.3, 0.4) is 0 Å². The molecule has 2 nitrogen and oxygen atoms in total. The molecule has 134 valence electrons. The van der Waals surface area contributed by atoms with E-state index in [1.54, 1.807) is 0 Å². The summed E-state index contributed by atoms with van der Waals surface area (Å²) in [7, 11) is -3.72. The molecule has 1 aliphatic rings. The molecule has 0 aliphatic heterocycles. The van der Waals surface area contributed by atoms with Crippen LogP contribution >= 0.6 is 15.9 Å². The maximum absolute atomic E-state index is 6.70.